The Labute approximate surface area is 149 Å². The molecule has 140 valence electrons. The van der Waals surface area contributed by atoms with Crippen LogP contribution in [0.4, 0.5) is 18.9 Å². The lowest BCUT2D eigenvalue weighted by atomic mass is 10.2. The van der Waals surface area contributed by atoms with Crippen LogP contribution in [-0.4, -0.2) is 46.0 Å². The first-order chi connectivity index (χ1) is 12.3. The molecule has 0 radical (unpaired) electrons. The molecule has 2 aromatic carbocycles. The van der Waals surface area contributed by atoms with Gasteiger partial charge in [0.2, 0.25) is 10.0 Å². The van der Waals surface area contributed by atoms with Crippen LogP contribution in [0.1, 0.15) is 0 Å². The highest BCUT2D eigenvalue weighted by molar-refractivity contribution is 7.89. The predicted octanol–water partition coefficient (Wildman–Crippen LogP) is 2.62. The van der Waals surface area contributed by atoms with E-state index in [1.165, 1.54) is 28.4 Å². The molecule has 0 N–H and O–H groups in total. The predicted molar refractivity (Wildman–Crippen MR) is 90.3 cm³/mol. The first-order valence-electron chi connectivity index (χ1n) is 7.87. The van der Waals surface area contributed by atoms with Gasteiger partial charge < -0.3 is 9.64 Å². The maximum atomic E-state index is 13.9. The van der Waals surface area contributed by atoms with Crippen molar-refractivity contribution in [1.29, 1.82) is 0 Å². The molecule has 0 saturated carbocycles. The van der Waals surface area contributed by atoms with E-state index >= 15 is 0 Å². The smallest absolute Gasteiger partial charge is 0.243 e. The van der Waals surface area contributed by atoms with Crippen molar-refractivity contribution in [2.45, 2.75) is 4.90 Å². The summed E-state index contributed by atoms with van der Waals surface area (Å²) in [6.45, 7) is 0.536. The third-order valence-corrected chi connectivity index (χ3v) is 6.20. The van der Waals surface area contributed by atoms with Crippen molar-refractivity contribution in [2.24, 2.45) is 0 Å². The minimum atomic E-state index is -3.69. The number of hydrogen-bond acceptors (Lipinski definition) is 4. The highest BCUT2D eigenvalue weighted by Gasteiger charge is 2.30. The van der Waals surface area contributed by atoms with Crippen LogP contribution in [0.15, 0.2) is 41.3 Å². The first-order valence-corrected chi connectivity index (χ1v) is 9.31. The molecule has 9 heteroatoms. The van der Waals surface area contributed by atoms with Gasteiger partial charge in [-0.3, -0.25) is 0 Å². The zero-order chi connectivity index (χ0) is 18.9. The van der Waals surface area contributed by atoms with Gasteiger partial charge in [0, 0.05) is 26.2 Å². The maximum Gasteiger partial charge on any atom is 0.243 e. The Morgan fingerprint density at radius 1 is 0.885 bits per heavy atom. The van der Waals surface area contributed by atoms with Crippen LogP contribution in [0.3, 0.4) is 0 Å². The number of ether oxygens (including phenoxy) is 1. The Balaban J connectivity index is 1.74. The van der Waals surface area contributed by atoms with E-state index in [1.807, 2.05) is 0 Å². The SMILES string of the molecule is COc1ccc(S(=O)(=O)N2CCN(c3ccc(F)c(F)c3F)CC2)cc1. The summed E-state index contributed by atoms with van der Waals surface area (Å²) in [4.78, 5) is 1.63. The van der Waals surface area contributed by atoms with E-state index in [9.17, 15) is 21.6 Å². The van der Waals surface area contributed by atoms with E-state index in [2.05, 4.69) is 0 Å². The summed E-state index contributed by atoms with van der Waals surface area (Å²) in [5.74, 6) is -3.51. The average molecular weight is 386 g/mol. The third-order valence-electron chi connectivity index (χ3n) is 4.29. The van der Waals surface area contributed by atoms with Gasteiger partial charge in [0.25, 0.3) is 0 Å². The molecule has 1 fully saturated rings. The molecule has 0 aliphatic carbocycles. The zero-order valence-electron chi connectivity index (χ0n) is 14.0. The molecular formula is C17H17F3N2O3S. The second-order valence-electron chi connectivity index (χ2n) is 5.76. The summed E-state index contributed by atoms with van der Waals surface area (Å²) < 4.78 is 72.0. The van der Waals surface area contributed by atoms with Gasteiger partial charge in [0.05, 0.1) is 17.7 Å². The first kappa shape index (κ1) is 18.5. The largest absolute Gasteiger partial charge is 0.497 e. The van der Waals surface area contributed by atoms with E-state index in [1.54, 1.807) is 12.1 Å². The third kappa shape index (κ3) is 3.36. The van der Waals surface area contributed by atoms with Crippen molar-refractivity contribution < 1.29 is 26.3 Å². The maximum absolute atomic E-state index is 13.9. The van der Waals surface area contributed by atoms with Crippen molar-refractivity contribution in [3.05, 3.63) is 53.8 Å². The second-order valence-corrected chi connectivity index (χ2v) is 7.70. The monoisotopic (exact) mass is 386 g/mol. The average Bonchev–Trinajstić information content (AvgIpc) is 2.66. The molecule has 1 saturated heterocycles. The molecule has 3 rings (SSSR count). The highest BCUT2D eigenvalue weighted by Crippen LogP contribution is 2.26. The molecule has 1 aliphatic rings. The molecule has 0 amide bonds. The van der Waals surface area contributed by atoms with Crippen LogP contribution in [0, 0.1) is 17.5 Å². The number of halogens is 3. The fraction of sp³-hybridized carbons (Fsp3) is 0.294. The van der Waals surface area contributed by atoms with Crippen molar-refractivity contribution in [3.8, 4) is 5.75 Å². The van der Waals surface area contributed by atoms with E-state index in [-0.39, 0.29) is 36.8 Å². The van der Waals surface area contributed by atoms with Gasteiger partial charge in [-0.25, -0.2) is 21.6 Å². The molecular weight excluding hydrogens is 369 g/mol. The van der Waals surface area contributed by atoms with Crippen LogP contribution >= 0.6 is 0 Å². The number of anilines is 1. The van der Waals surface area contributed by atoms with Gasteiger partial charge in [0.1, 0.15) is 5.75 Å². The lowest BCUT2D eigenvalue weighted by molar-refractivity contribution is 0.380. The molecule has 0 atom stereocenters. The van der Waals surface area contributed by atoms with Gasteiger partial charge in [-0.2, -0.15) is 4.31 Å². The van der Waals surface area contributed by atoms with E-state index in [0.717, 1.165) is 12.1 Å². The molecule has 1 heterocycles. The van der Waals surface area contributed by atoms with Crippen LogP contribution in [0.2, 0.25) is 0 Å². The van der Waals surface area contributed by atoms with E-state index in [4.69, 9.17) is 4.74 Å². The summed E-state index contributed by atoms with van der Waals surface area (Å²) in [5, 5.41) is 0. The lowest BCUT2D eigenvalue weighted by Crippen LogP contribution is -2.49. The van der Waals surface area contributed by atoms with Crippen molar-refractivity contribution in [1.82, 2.24) is 4.31 Å². The summed E-state index contributed by atoms with van der Waals surface area (Å²) in [6, 6.07) is 8.03. The van der Waals surface area contributed by atoms with Crippen LogP contribution in [0.5, 0.6) is 5.75 Å². The Morgan fingerprint density at radius 3 is 2.08 bits per heavy atom. The molecule has 26 heavy (non-hydrogen) atoms. The number of methoxy groups -OCH3 is 1. The van der Waals surface area contributed by atoms with Gasteiger partial charge >= 0.3 is 0 Å². The number of nitrogens with zero attached hydrogens (tertiary/aromatic N) is 2. The highest BCUT2D eigenvalue weighted by atomic mass is 32.2. The fourth-order valence-electron chi connectivity index (χ4n) is 2.83. The van der Waals surface area contributed by atoms with Gasteiger partial charge in [-0.05, 0) is 36.4 Å². The van der Waals surface area contributed by atoms with Crippen molar-refractivity contribution >= 4 is 15.7 Å². The Morgan fingerprint density at radius 2 is 1.50 bits per heavy atom. The number of piperazine rings is 1. The summed E-state index contributed by atoms with van der Waals surface area (Å²) in [7, 11) is -2.21. The minimum absolute atomic E-state index is 0.0783. The molecule has 0 spiro atoms. The van der Waals surface area contributed by atoms with Gasteiger partial charge in [0.15, 0.2) is 17.5 Å². The quantitative estimate of drug-likeness (QED) is 0.758. The Kier molecular flexibility index (Phi) is 5.10. The van der Waals surface area contributed by atoms with Crippen LogP contribution in [0.25, 0.3) is 0 Å². The number of sulfonamides is 1. The number of benzene rings is 2. The van der Waals surface area contributed by atoms with Gasteiger partial charge in [-0.1, -0.05) is 0 Å². The molecule has 1 aliphatic heterocycles. The summed E-state index contributed by atoms with van der Waals surface area (Å²) in [5.41, 5.74) is -0.0783. The number of rotatable bonds is 4. The number of hydrogen-bond donors (Lipinski definition) is 0. The van der Waals surface area contributed by atoms with Crippen LogP contribution in [-0.2, 0) is 10.0 Å². The van der Waals surface area contributed by atoms with E-state index < -0.39 is 27.5 Å². The van der Waals surface area contributed by atoms with Crippen molar-refractivity contribution in [3.63, 3.8) is 0 Å². The molecule has 0 aromatic heterocycles. The topological polar surface area (TPSA) is 49.9 Å². The molecule has 0 unspecified atom stereocenters. The Bertz CT molecular complexity index is 896. The van der Waals surface area contributed by atoms with Gasteiger partial charge in [-0.15, -0.1) is 0 Å². The van der Waals surface area contributed by atoms with E-state index in [0.29, 0.717) is 5.75 Å². The van der Waals surface area contributed by atoms with Crippen molar-refractivity contribution in [2.75, 3.05) is 38.2 Å². The Hall–Kier alpha value is -2.26. The lowest BCUT2D eigenvalue weighted by Gasteiger charge is -2.35. The minimum Gasteiger partial charge on any atom is -0.497 e. The molecule has 5 nitrogen and oxygen atoms in total. The molecule has 0 bridgehead atoms. The fourth-order valence-corrected chi connectivity index (χ4v) is 4.25. The summed E-state index contributed by atoms with van der Waals surface area (Å²) in [6.07, 6.45) is 0. The van der Waals surface area contributed by atoms with Crippen LogP contribution < -0.4 is 9.64 Å². The zero-order valence-corrected chi connectivity index (χ0v) is 14.8. The summed E-state index contributed by atoms with van der Waals surface area (Å²) >= 11 is 0. The molecule has 2 aromatic rings. The second kappa shape index (κ2) is 7.16. The standard InChI is InChI=1S/C17H17F3N2O3S/c1-25-12-2-4-13(5-3-12)26(23,24)22-10-8-21(9-11-22)15-7-6-14(18)16(19)17(15)20/h2-7H,8-11H2,1H3. The normalized spacial score (nSPS) is 15.9.